The minimum Gasteiger partial charge on any atom is -0.427 e. The topological polar surface area (TPSA) is 68.3 Å². The normalized spacial score (nSPS) is 10.5. The number of hydrogen-bond acceptors (Lipinski definition) is 4. The largest absolute Gasteiger partial charge is 0.427 e. The zero-order chi connectivity index (χ0) is 16.5. The SMILES string of the molecule is CC(=O)Oc1cccc(CCNC(=O)C=Cc2cccnc2)c1. The second-order valence-corrected chi connectivity index (χ2v) is 4.90. The number of ether oxygens (including phenoxy) is 1. The lowest BCUT2D eigenvalue weighted by molar-refractivity contribution is -0.131. The minimum atomic E-state index is -0.351. The summed E-state index contributed by atoms with van der Waals surface area (Å²) in [4.78, 5) is 26.6. The van der Waals surface area contributed by atoms with Crippen LogP contribution in [0.1, 0.15) is 18.1 Å². The Kier molecular flexibility index (Phi) is 6.06. The zero-order valence-electron chi connectivity index (χ0n) is 12.9. The van der Waals surface area contributed by atoms with Crippen LogP contribution < -0.4 is 10.1 Å². The third-order valence-corrected chi connectivity index (χ3v) is 2.98. The molecule has 2 aromatic rings. The lowest BCUT2D eigenvalue weighted by atomic mass is 10.1. The quantitative estimate of drug-likeness (QED) is 0.505. The number of carbonyl (C=O) groups excluding carboxylic acids is 2. The summed E-state index contributed by atoms with van der Waals surface area (Å²) in [6, 6.07) is 10.9. The van der Waals surface area contributed by atoms with Crippen LogP contribution in [-0.2, 0) is 16.0 Å². The molecule has 5 heteroatoms. The molecule has 23 heavy (non-hydrogen) atoms. The van der Waals surface area contributed by atoms with E-state index in [1.54, 1.807) is 30.6 Å². The standard InChI is InChI=1S/C18H18N2O3/c1-14(21)23-17-6-2-4-15(12-17)9-11-20-18(22)8-7-16-5-3-10-19-13-16/h2-8,10,12-13H,9,11H2,1H3,(H,20,22). The third-order valence-electron chi connectivity index (χ3n) is 2.98. The summed E-state index contributed by atoms with van der Waals surface area (Å²) in [5.41, 5.74) is 1.86. The Morgan fingerprint density at radius 3 is 2.87 bits per heavy atom. The molecule has 1 N–H and O–H groups in total. The highest BCUT2D eigenvalue weighted by Crippen LogP contribution is 2.13. The average molecular weight is 310 g/mol. The zero-order valence-corrected chi connectivity index (χ0v) is 12.9. The van der Waals surface area contributed by atoms with E-state index in [-0.39, 0.29) is 11.9 Å². The molecule has 1 aromatic carbocycles. The molecule has 0 saturated heterocycles. The Morgan fingerprint density at radius 1 is 1.26 bits per heavy atom. The molecule has 0 spiro atoms. The summed E-state index contributed by atoms with van der Waals surface area (Å²) in [5, 5.41) is 2.81. The van der Waals surface area contributed by atoms with Crippen LogP contribution in [0.15, 0.2) is 54.9 Å². The lowest BCUT2D eigenvalue weighted by Crippen LogP contribution is -2.23. The van der Waals surface area contributed by atoms with E-state index in [1.807, 2.05) is 24.3 Å². The van der Waals surface area contributed by atoms with Crippen LogP contribution in [0, 0.1) is 0 Å². The molecule has 0 unspecified atom stereocenters. The van der Waals surface area contributed by atoms with Gasteiger partial charge in [0.1, 0.15) is 5.75 Å². The van der Waals surface area contributed by atoms with Crippen LogP contribution in [-0.4, -0.2) is 23.4 Å². The molecule has 0 aliphatic rings. The molecule has 1 amide bonds. The van der Waals surface area contributed by atoms with Gasteiger partial charge in [-0.1, -0.05) is 18.2 Å². The Hall–Kier alpha value is -2.95. The molecule has 0 aliphatic heterocycles. The van der Waals surface area contributed by atoms with Gasteiger partial charge in [0, 0.05) is 31.9 Å². The average Bonchev–Trinajstić information content (AvgIpc) is 2.54. The highest BCUT2D eigenvalue weighted by Gasteiger charge is 2.01. The predicted octanol–water partition coefficient (Wildman–Crippen LogP) is 2.38. The molecule has 0 fully saturated rings. The Balaban J connectivity index is 1.79. The third kappa shape index (κ3) is 6.13. The molecule has 0 saturated carbocycles. The second-order valence-electron chi connectivity index (χ2n) is 4.90. The summed E-state index contributed by atoms with van der Waals surface area (Å²) in [5.74, 6) is -0.00112. The molecular weight excluding hydrogens is 292 g/mol. The summed E-state index contributed by atoms with van der Waals surface area (Å²) in [6.45, 7) is 1.86. The minimum absolute atomic E-state index is 0.162. The maximum absolute atomic E-state index is 11.7. The van der Waals surface area contributed by atoms with E-state index < -0.39 is 0 Å². The van der Waals surface area contributed by atoms with E-state index in [9.17, 15) is 9.59 Å². The van der Waals surface area contributed by atoms with Crippen molar-refractivity contribution in [2.45, 2.75) is 13.3 Å². The number of aromatic nitrogens is 1. The monoisotopic (exact) mass is 310 g/mol. The van der Waals surface area contributed by atoms with Gasteiger partial charge in [-0.05, 0) is 41.8 Å². The Labute approximate surface area is 135 Å². The first kappa shape index (κ1) is 16.4. The molecule has 1 aromatic heterocycles. The number of carbonyl (C=O) groups is 2. The molecule has 0 atom stereocenters. The lowest BCUT2D eigenvalue weighted by Gasteiger charge is -2.05. The van der Waals surface area contributed by atoms with Crippen LogP contribution in [0.5, 0.6) is 5.75 Å². The molecular formula is C18H18N2O3. The molecule has 0 aliphatic carbocycles. The van der Waals surface area contributed by atoms with Gasteiger partial charge in [-0.2, -0.15) is 0 Å². The Morgan fingerprint density at radius 2 is 2.13 bits per heavy atom. The number of hydrogen-bond donors (Lipinski definition) is 1. The van der Waals surface area contributed by atoms with Gasteiger partial charge in [0.15, 0.2) is 0 Å². The van der Waals surface area contributed by atoms with Crippen molar-refractivity contribution in [3.63, 3.8) is 0 Å². The van der Waals surface area contributed by atoms with Crippen molar-refractivity contribution in [1.82, 2.24) is 10.3 Å². The fourth-order valence-corrected chi connectivity index (χ4v) is 1.97. The maximum atomic E-state index is 11.7. The van der Waals surface area contributed by atoms with Crippen LogP contribution >= 0.6 is 0 Å². The van der Waals surface area contributed by atoms with Crippen molar-refractivity contribution in [3.05, 3.63) is 66.0 Å². The van der Waals surface area contributed by atoms with Crippen molar-refractivity contribution in [3.8, 4) is 5.75 Å². The highest BCUT2D eigenvalue weighted by molar-refractivity contribution is 5.91. The van der Waals surface area contributed by atoms with Crippen LogP contribution in [0.2, 0.25) is 0 Å². The van der Waals surface area contributed by atoms with Gasteiger partial charge in [-0.3, -0.25) is 14.6 Å². The van der Waals surface area contributed by atoms with Crippen LogP contribution in [0.3, 0.4) is 0 Å². The van der Waals surface area contributed by atoms with Crippen LogP contribution in [0.4, 0.5) is 0 Å². The molecule has 0 bridgehead atoms. The number of pyridine rings is 1. The smallest absolute Gasteiger partial charge is 0.308 e. The number of nitrogens with zero attached hydrogens (tertiary/aromatic N) is 1. The fourth-order valence-electron chi connectivity index (χ4n) is 1.97. The molecule has 2 rings (SSSR count). The van der Waals surface area contributed by atoms with Gasteiger partial charge >= 0.3 is 5.97 Å². The van der Waals surface area contributed by atoms with Crippen molar-refractivity contribution in [1.29, 1.82) is 0 Å². The van der Waals surface area contributed by atoms with Crippen molar-refractivity contribution in [2.24, 2.45) is 0 Å². The van der Waals surface area contributed by atoms with E-state index in [0.29, 0.717) is 18.7 Å². The fraction of sp³-hybridized carbons (Fsp3) is 0.167. The number of nitrogens with one attached hydrogen (secondary N) is 1. The van der Waals surface area contributed by atoms with Gasteiger partial charge in [0.05, 0.1) is 0 Å². The van der Waals surface area contributed by atoms with Crippen molar-refractivity contribution >= 4 is 18.0 Å². The molecule has 118 valence electrons. The van der Waals surface area contributed by atoms with E-state index >= 15 is 0 Å². The number of benzene rings is 1. The molecule has 1 heterocycles. The number of rotatable bonds is 6. The van der Waals surface area contributed by atoms with E-state index in [0.717, 1.165) is 11.1 Å². The van der Waals surface area contributed by atoms with Crippen molar-refractivity contribution < 1.29 is 14.3 Å². The predicted molar refractivity (Wildman–Crippen MR) is 87.7 cm³/mol. The highest BCUT2D eigenvalue weighted by atomic mass is 16.5. The van der Waals surface area contributed by atoms with Gasteiger partial charge in [0.2, 0.25) is 5.91 Å². The van der Waals surface area contributed by atoms with Gasteiger partial charge in [-0.15, -0.1) is 0 Å². The molecule has 0 radical (unpaired) electrons. The first-order valence-corrected chi connectivity index (χ1v) is 7.27. The number of esters is 1. The van der Waals surface area contributed by atoms with E-state index in [4.69, 9.17) is 4.74 Å². The number of amides is 1. The molecule has 5 nitrogen and oxygen atoms in total. The summed E-state index contributed by atoms with van der Waals surface area (Å²) >= 11 is 0. The first-order valence-electron chi connectivity index (χ1n) is 7.27. The first-order chi connectivity index (χ1) is 11.1. The van der Waals surface area contributed by atoms with Gasteiger partial charge in [0.25, 0.3) is 0 Å². The summed E-state index contributed by atoms with van der Waals surface area (Å²) in [6.07, 6.45) is 7.21. The van der Waals surface area contributed by atoms with E-state index in [1.165, 1.54) is 13.0 Å². The van der Waals surface area contributed by atoms with Crippen LogP contribution in [0.25, 0.3) is 6.08 Å². The second kappa shape index (κ2) is 8.48. The van der Waals surface area contributed by atoms with Gasteiger partial charge in [-0.25, -0.2) is 0 Å². The summed E-state index contributed by atoms with van der Waals surface area (Å²) < 4.78 is 5.03. The van der Waals surface area contributed by atoms with Crippen molar-refractivity contribution in [2.75, 3.05) is 6.54 Å². The van der Waals surface area contributed by atoms with E-state index in [2.05, 4.69) is 10.3 Å². The Bertz CT molecular complexity index is 696. The van der Waals surface area contributed by atoms with Gasteiger partial charge < -0.3 is 10.1 Å². The maximum Gasteiger partial charge on any atom is 0.308 e. The summed E-state index contributed by atoms with van der Waals surface area (Å²) in [7, 11) is 0.